The van der Waals surface area contributed by atoms with Crippen molar-refractivity contribution in [2.24, 2.45) is 0 Å². The Kier molecular flexibility index (Phi) is 7.59. The number of alkyl halides is 1. The van der Waals surface area contributed by atoms with Crippen molar-refractivity contribution in [1.82, 2.24) is 4.31 Å². The lowest BCUT2D eigenvalue weighted by Gasteiger charge is -2.19. The Morgan fingerprint density at radius 2 is 1.86 bits per heavy atom. The number of sulfonamides is 1. The van der Waals surface area contributed by atoms with E-state index in [0.717, 1.165) is 12.8 Å². The van der Waals surface area contributed by atoms with Gasteiger partial charge in [-0.25, -0.2) is 12.7 Å². The Hall–Kier alpha value is 0.200. The normalized spacial score (nSPS) is 12.3. The molecule has 0 aromatic heterocycles. The summed E-state index contributed by atoms with van der Waals surface area (Å²) in [4.78, 5) is 0. The summed E-state index contributed by atoms with van der Waals surface area (Å²) in [5.74, 6) is 0.767. The van der Waals surface area contributed by atoms with Crippen molar-refractivity contribution in [3.63, 3.8) is 0 Å². The van der Waals surface area contributed by atoms with E-state index in [9.17, 15) is 8.42 Å². The number of hydrogen-bond donors (Lipinski definition) is 0. The third-order valence-corrected chi connectivity index (χ3v) is 4.30. The van der Waals surface area contributed by atoms with Gasteiger partial charge in [0, 0.05) is 19.0 Å². The van der Waals surface area contributed by atoms with Gasteiger partial charge in [0.1, 0.15) is 0 Å². The van der Waals surface area contributed by atoms with Crippen LogP contribution in [-0.4, -0.2) is 37.4 Å². The Labute approximate surface area is 92.5 Å². The number of nitrogens with zero attached hydrogens (tertiary/aromatic N) is 1. The van der Waals surface area contributed by atoms with Crippen LogP contribution in [0.3, 0.4) is 0 Å². The topological polar surface area (TPSA) is 37.4 Å². The highest BCUT2D eigenvalue weighted by molar-refractivity contribution is 7.89. The van der Waals surface area contributed by atoms with Crippen LogP contribution in [0.4, 0.5) is 0 Å². The summed E-state index contributed by atoms with van der Waals surface area (Å²) in [6, 6.07) is 0. The fourth-order valence-electron chi connectivity index (χ4n) is 1.25. The van der Waals surface area contributed by atoms with Gasteiger partial charge in [-0.3, -0.25) is 0 Å². The lowest BCUT2D eigenvalue weighted by atomic mass is 10.4. The van der Waals surface area contributed by atoms with Crippen molar-refractivity contribution >= 4 is 21.6 Å². The molecule has 0 saturated heterocycles. The summed E-state index contributed by atoms with van der Waals surface area (Å²) in [5.41, 5.74) is 0. The van der Waals surface area contributed by atoms with Crippen LogP contribution in [-0.2, 0) is 10.0 Å². The summed E-state index contributed by atoms with van der Waals surface area (Å²) in [6.07, 6.45) is 2.29. The largest absolute Gasteiger partial charge is 0.214 e. The third-order valence-electron chi connectivity index (χ3n) is 2.01. The molecule has 0 aromatic carbocycles. The maximum Gasteiger partial charge on any atom is 0.214 e. The summed E-state index contributed by atoms with van der Waals surface area (Å²) in [7, 11) is -3.03. The second-order valence-corrected chi connectivity index (χ2v) is 5.67. The average molecular weight is 242 g/mol. The molecule has 14 heavy (non-hydrogen) atoms. The summed E-state index contributed by atoms with van der Waals surface area (Å²) < 4.78 is 25.0. The van der Waals surface area contributed by atoms with E-state index in [1.165, 1.54) is 0 Å². The molecule has 0 atom stereocenters. The summed E-state index contributed by atoms with van der Waals surface area (Å²) in [6.45, 7) is 5.04. The molecule has 3 nitrogen and oxygen atoms in total. The van der Waals surface area contributed by atoms with E-state index in [4.69, 9.17) is 11.6 Å². The van der Waals surface area contributed by atoms with E-state index in [1.807, 2.05) is 13.8 Å². The molecule has 0 amide bonds. The van der Waals surface area contributed by atoms with Gasteiger partial charge >= 0.3 is 0 Å². The molecule has 0 fully saturated rings. The Balaban J connectivity index is 4.12. The standard InChI is InChI=1S/C9H20ClNO2S/c1-3-8-11(4-2)14(12,13)9-6-5-7-10/h3-9H2,1-2H3. The third kappa shape index (κ3) is 5.17. The first-order chi connectivity index (χ1) is 6.58. The van der Waals surface area contributed by atoms with Crippen LogP contribution in [0.2, 0.25) is 0 Å². The van der Waals surface area contributed by atoms with Gasteiger partial charge in [-0.05, 0) is 19.3 Å². The Morgan fingerprint density at radius 3 is 2.29 bits per heavy atom. The highest BCUT2D eigenvalue weighted by Crippen LogP contribution is 2.06. The van der Waals surface area contributed by atoms with Crippen LogP contribution in [0.15, 0.2) is 0 Å². The summed E-state index contributed by atoms with van der Waals surface area (Å²) >= 11 is 5.50. The van der Waals surface area contributed by atoms with Crippen LogP contribution in [0.1, 0.15) is 33.1 Å². The predicted octanol–water partition coefficient (Wildman–Crippen LogP) is 2.07. The van der Waals surface area contributed by atoms with Gasteiger partial charge in [-0.1, -0.05) is 13.8 Å². The van der Waals surface area contributed by atoms with Gasteiger partial charge in [-0.2, -0.15) is 0 Å². The molecule has 0 radical (unpaired) electrons. The van der Waals surface area contributed by atoms with Gasteiger partial charge in [0.15, 0.2) is 0 Å². The van der Waals surface area contributed by atoms with Crippen LogP contribution >= 0.6 is 11.6 Å². The maximum atomic E-state index is 11.7. The van der Waals surface area contributed by atoms with E-state index in [2.05, 4.69) is 0 Å². The fourth-order valence-corrected chi connectivity index (χ4v) is 3.12. The molecular weight excluding hydrogens is 222 g/mol. The van der Waals surface area contributed by atoms with Crippen LogP contribution in [0.25, 0.3) is 0 Å². The van der Waals surface area contributed by atoms with E-state index in [-0.39, 0.29) is 5.75 Å². The molecule has 0 aliphatic rings. The molecule has 0 N–H and O–H groups in total. The van der Waals surface area contributed by atoms with Crippen molar-refractivity contribution < 1.29 is 8.42 Å². The van der Waals surface area contributed by atoms with Gasteiger partial charge in [0.25, 0.3) is 0 Å². The van der Waals surface area contributed by atoms with Crippen molar-refractivity contribution in [3.8, 4) is 0 Å². The molecule has 0 saturated carbocycles. The van der Waals surface area contributed by atoms with Gasteiger partial charge in [0.2, 0.25) is 10.0 Å². The Bertz CT molecular complexity index is 229. The monoisotopic (exact) mass is 241 g/mol. The highest BCUT2D eigenvalue weighted by Gasteiger charge is 2.18. The smallest absolute Gasteiger partial charge is 0.212 e. The van der Waals surface area contributed by atoms with Gasteiger partial charge in [-0.15, -0.1) is 11.6 Å². The molecule has 0 spiro atoms. The van der Waals surface area contributed by atoms with E-state index < -0.39 is 10.0 Å². The minimum atomic E-state index is -3.03. The van der Waals surface area contributed by atoms with Crippen LogP contribution < -0.4 is 0 Å². The highest BCUT2D eigenvalue weighted by atomic mass is 35.5. The lowest BCUT2D eigenvalue weighted by molar-refractivity contribution is 0.426. The minimum absolute atomic E-state index is 0.230. The molecule has 0 bridgehead atoms. The zero-order chi connectivity index (χ0) is 11.0. The van der Waals surface area contributed by atoms with E-state index in [0.29, 0.717) is 25.4 Å². The van der Waals surface area contributed by atoms with Crippen molar-refractivity contribution in [2.75, 3.05) is 24.7 Å². The second-order valence-electron chi connectivity index (χ2n) is 3.20. The zero-order valence-corrected chi connectivity index (χ0v) is 10.6. The maximum absolute atomic E-state index is 11.7. The Morgan fingerprint density at radius 1 is 1.21 bits per heavy atom. The minimum Gasteiger partial charge on any atom is -0.212 e. The molecular formula is C9H20ClNO2S. The summed E-state index contributed by atoms with van der Waals surface area (Å²) in [5, 5.41) is 0. The lowest BCUT2D eigenvalue weighted by Crippen LogP contribution is -2.33. The molecule has 0 heterocycles. The van der Waals surface area contributed by atoms with E-state index in [1.54, 1.807) is 4.31 Å². The van der Waals surface area contributed by atoms with Gasteiger partial charge in [0.05, 0.1) is 5.75 Å². The molecule has 0 unspecified atom stereocenters. The average Bonchev–Trinajstić information content (AvgIpc) is 2.14. The molecule has 0 aliphatic heterocycles. The molecule has 0 aromatic rings. The number of hydrogen-bond acceptors (Lipinski definition) is 2. The first-order valence-electron chi connectivity index (χ1n) is 5.12. The van der Waals surface area contributed by atoms with Crippen molar-refractivity contribution in [1.29, 1.82) is 0 Å². The van der Waals surface area contributed by atoms with Crippen molar-refractivity contribution in [3.05, 3.63) is 0 Å². The van der Waals surface area contributed by atoms with Crippen LogP contribution in [0.5, 0.6) is 0 Å². The fraction of sp³-hybridized carbons (Fsp3) is 1.00. The molecule has 86 valence electrons. The molecule has 0 aliphatic carbocycles. The second kappa shape index (κ2) is 7.49. The number of unbranched alkanes of at least 4 members (excludes halogenated alkanes) is 1. The van der Waals surface area contributed by atoms with E-state index >= 15 is 0 Å². The first-order valence-corrected chi connectivity index (χ1v) is 7.26. The molecule has 5 heteroatoms. The number of rotatable bonds is 8. The van der Waals surface area contributed by atoms with Crippen LogP contribution in [0, 0.1) is 0 Å². The van der Waals surface area contributed by atoms with Gasteiger partial charge < -0.3 is 0 Å². The molecule has 0 rings (SSSR count). The number of halogens is 1. The quantitative estimate of drug-likeness (QED) is 0.482. The van der Waals surface area contributed by atoms with Crippen molar-refractivity contribution in [2.45, 2.75) is 33.1 Å². The first kappa shape index (κ1) is 14.2. The predicted molar refractivity (Wildman–Crippen MR) is 61.3 cm³/mol. The zero-order valence-electron chi connectivity index (χ0n) is 9.00. The SMILES string of the molecule is CCCN(CC)S(=O)(=O)CCCCCl.